The van der Waals surface area contributed by atoms with Gasteiger partial charge in [0.25, 0.3) is 5.91 Å². The number of urea groups is 1. The molecule has 0 radical (unpaired) electrons. The Balaban J connectivity index is 1.48. The molecule has 0 bridgehead atoms. The van der Waals surface area contributed by atoms with E-state index in [0.717, 1.165) is 29.1 Å². The number of ether oxygens (including phenoxy) is 1. The molecule has 0 aromatic carbocycles. The van der Waals surface area contributed by atoms with Crippen molar-refractivity contribution in [2.75, 3.05) is 13.2 Å². The molecule has 26 heavy (non-hydrogen) atoms. The molecule has 8 heteroatoms. The molecule has 1 aliphatic carbocycles. The van der Waals surface area contributed by atoms with Crippen molar-refractivity contribution in [3.8, 4) is 0 Å². The first kappa shape index (κ1) is 18.2. The van der Waals surface area contributed by atoms with Gasteiger partial charge in [-0.25, -0.2) is 4.79 Å². The number of carbonyl (C=O) groups excluding carboxylic acids is 4. The molecule has 3 rings (SSSR count). The number of esters is 1. The molecule has 8 nitrogen and oxygen atoms in total. The van der Waals surface area contributed by atoms with Crippen LogP contribution in [0.15, 0.2) is 6.07 Å². The third-order valence-corrected chi connectivity index (χ3v) is 5.06. The first-order chi connectivity index (χ1) is 12.3. The second-order valence-electron chi connectivity index (χ2n) is 7.00. The topological polar surface area (TPSA) is 109 Å². The molecule has 1 spiro atoms. The van der Waals surface area contributed by atoms with Gasteiger partial charge in [0.05, 0.1) is 6.42 Å². The Labute approximate surface area is 151 Å². The molecule has 1 aromatic heterocycles. The highest BCUT2D eigenvalue weighted by molar-refractivity contribution is 6.07. The van der Waals surface area contributed by atoms with E-state index in [9.17, 15) is 19.2 Å². The van der Waals surface area contributed by atoms with Crippen molar-refractivity contribution >= 4 is 23.7 Å². The predicted octanol–water partition coefficient (Wildman–Crippen LogP) is 1.61. The van der Waals surface area contributed by atoms with Gasteiger partial charge in [-0.1, -0.05) is 12.8 Å². The Morgan fingerprint density at radius 2 is 1.92 bits per heavy atom. The number of ketones is 1. The number of carbonyl (C=O) groups is 4. The molecule has 2 heterocycles. The van der Waals surface area contributed by atoms with E-state index in [4.69, 9.17) is 4.74 Å². The lowest BCUT2D eigenvalue weighted by Gasteiger charge is -2.19. The number of Topliss-reactive ketones (excluding diaryl/α,β-unsaturated/α-hetero) is 1. The summed E-state index contributed by atoms with van der Waals surface area (Å²) < 4.78 is 5.00. The zero-order chi connectivity index (χ0) is 18.9. The lowest BCUT2D eigenvalue weighted by atomic mass is 9.98. The van der Waals surface area contributed by atoms with E-state index >= 15 is 0 Å². The van der Waals surface area contributed by atoms with E-state index in [0.29, 0.717) is 18.4 Å². The number of nitrogens with one attached hydrogen (secondary N) is 2. The van der Waals surface area contributed by atoms with E-state index in [-0.39, 0.29) is 31.3 Å². The van der Waals surface area contributed by atoms with Crippen LogP contribution < -0.4 is 5.32 Å². The number of rotatable bonds is 6. The van der Waals surface area contributed by atoms with E-state index in [1.54, 1.807) is 13.0 Å². The van der Waals surface area contributed by atoms with E-state index in [1.807, 2.05) is 6.92 Å². The van der Waals surface area contributed by atoms with Crippen LogP contribution in [0.1, 0.15) is 53.8 Å². The normalized spacial score (nSPS) is 18.5. The first-order valence-electron chi connectivity index (χ1n) is 8.81. The number of aromatic nitrogens is 1. The highest BCUT2D eigenvalue weighted by atomic mass is 16.5. The zero-order valence-corrected chi connectivity index (χ0v) is 15.0. The van der Waals surface area contributed by atoms with Gasteiger partial charge in [0.1, 0.15) is 5.54 Å². The molecule has 1 saturated heterocycles. The molecule has 1 aromatic rings. The van der Waals surface area contributed by atoms with Gasteiger partial charge < -0.3 is 15.0 Å². The van der Waals surface area contributed by atoms with Gasteiger partial charge >= 0.3 is 12.0 Å². The Morgan fingerprint density at radius 1 is 1.23 bits per heavy atom. The predicted molar refractivity (Wildman–Crippen MR) is 91.6 cm³/mol. The number of hydrogen-bond acceptors (Lipinski definition) is 5. The lowest BCUT2D eigenvalue weighted by Crippen LogP contribution is -2.44. The average molecular weight is 361 g/mol. The highest BCUT2D eigenvalue weighted by Gasteiger charge is 2.52. The summed E-state index contributed by atoms with van der Waals surface area (Å²) in [4.78, 5) is 52.6. The first-order valence-corrected chi connectivity index (χ1v) is 8.81. The largest absolute Gasteiger partial charge is 0.457 e. The highest BCUT2D eigenvalue weighted by Crippen LogP contribution is 2.35. The van der Waals surface area contributed by atoms with Crippen LogP contribution in [0, 0.1) is 13.8 Å². The van der Waals surface area contributed by atoms with Crippen LogP contribution in [0.4, 0.5) is 4.79 Å². The number of aryl methyl sites for hydroxylation is 2. The van der Waals surface area contributed by atoms with Gasteiger partial charge in [0.15, 0.2) is 6.61 Å². The summed E-state index contributed by atoms with van der Waals surface area (Å²) >= 11 is 0. The molecule has 140 valence electrons. The van der Waals surface area contributed by atoms with Crippen LogP contribution in [0.3, 0.4) is 0 Å². The van der Waals surface area contributed by atoms with Crippen molar-refractivity contribution in [2.45, 2.75) is 51.5 Å². The van der Waals surface area contributed by atoms with Crippen LogP contribution in [-0.4, -0.2) is 52.3 Å². The minimum absolute atomic E-state index is 0.0399. The maximum absolute atomic E-state index is 12.5. The summed E-state index contributed by atoms with van der Waals surface area (Å²) in [5.74, 6) is -1.17. The fraction of sp³-hybridized carbons (Fsp3) is 0.556. The molecule has 2 aliphatic rings. The summed E-state index contributed by atoms with van der Waals surface area (Å²) in [6.07, 6.45) is 2.96. The van der Waals surface area contributed by atoms with Crippen molar-refractivity contribution in [2.24, 2.45) is 0 Å². The van der Waals surface area contributed by atoms with E-state index in [1.165, 1.54) is 0 Å². The number of aromatic amines is 1. The van der Waals surface area contributed by atoms with Gasteiger partial charge in [-0.3, -0.25) is 19.3 Å². The van der Waals surface area contributed by atoms with Crippen molar-refractivity contribution in [1.29, 1.82) is 0 Å². The van der Waals surface area contributed by atoms with Gasteiger partial charge in [0, 0.05) is 23.5 Å². The SMILES string of the molecule is Cc1cc(C(=O)COC(=O)CCN2C(=O)NC3(CCCC3)C2=O)c(C)[nH]1. The van der Waals surface area contributed by atoms with Crippen molar-refractivity contribution in [3.63, 3.8) is 0 Å². The Morgan fingerprint density at radius 3 is 2.54 bits per heavy atom. The minimum atomic E-state index is -0.777. The van der Waals surface area contributed by atoms with Gasteiger partial charge in [-0.2, -0.15) is 0 Å². The molecular formula is C18H23N3O5. The summed E-state index contributed by atoms with van der Waals surface area (Å²) in [6, 6.07) is 1.25. The zero-order valence-electron chi connectivity index (χ0n) is 15.0. The molecule has 1 saturated carbocycles. The smallest absolute Gasteiger partial charge is 0.325 e. The van der Waals surface area contributed by atoms with Gasteiger partial charge in [-0.05, 0) is 32.8 Å². The summed E-state index contributed by atoms with van der Waals surface area (Å²) in [5.41, 5.74) is 1.30. The Bertz CT molecular complexity index is 761. The molecule has 0 atom stereocenters. The monoisotopic (exact) mass is 361 g/mol. The minimum Gasteiger partial charge on any atom is -0.457 e. The number of hydrogen-bond donors (Lipinski definition) is 2. The summed E-state index contributed by atoms with van der Waals surface area (Å²) in [6.45, 7) is 3.21. The van der Waals surface area contributed by atoms with Crippen LogP contribution in [0.2, 0.25) is 0 Å². The second-order valence-corrected chi connectivity index (χ2v) is 7.00. The van der Waals surface area contributed by atoms with E-state index < -0.39 is 17.5 Å². The van der Waals surface area contributed by atoms with Crippen LogP contribution in [0.5, 0.6) is 0 Å². The van der Waals surface area contributed by atoms with Crippen molar-refractivity contribution < 1.29 is 23.9 Å². The standard InChI is InChI=1S/C18H23N3O5/c1-11-9-13(12(2)19-11)14(22)10-26-15(23)5-8-21-16(24)18(20-17(21)25)6-3-4-7-18/h9,19H,3-8,10H2,1-2H3,(H,20,25). The number of imide groups is 1. The summed E-state index contributed by atoms with van der Waals surface area (Å²) in [5, 5.41) is 2.76. The number of H-pyrrole nitrogens is 1. The van der Waals surface area contributed by atoms with Crippen LogP contribution in [-0.2, 0) is 14.3 Å². The summed E-state index contributed by atoms with van der Waals surface area (Å²) in [7, 11) is 0. The molecule has 2 fully saturated rings. The van der Waals surface area contributed by atoms with Crippen molar-refractivity contribution in [3.05, 3.63) is 23.0 Å². The maximum Gasteiger partial charge on any atom is 0.325 e. The molecule has 0 unspecified atom stereocenters. The molecule has 3 amide bonds. The maximum atomic E-state index is 12.5. The Hall–Kier alpha value is -2.64. The van der Waals surface area contributed by atoms with Crippen LogP contribution in [0.25, 0.3) is 0 Å². The quantitative estimate of drug-likeness (QED) is 0.455. The van der Waals surface area contributed by atoms with Gasteiger partial charge in [0.2, 0.25) is 5.78 Å². The Kier molecular flexibility index (Phi) is 4.84. The third kappa shape index (κ3) is 3.36. The van der Waals surface area contributed by atoms with Crippen LogP contribution >= 0.6 is 0 Å². The molecular weight excluding hydrogens is 338 g/mol. The van der Waals surface area contributed by atoms with Gasteiger partial charge in [-0.15, -0.1) is 0 Å². The fourth-order valence-corrected chi connectivity index (χ4v) is 3.71. The second kappa shape index (κ2) is 6.93. The van der Waals surface area contributed by atoms with Crippen molar-refractivity contribution in [1.82, 2.24) is 15.2 Å². The molecule has 1 aliphatic heterocycles. The number of nitrogens with zero attached hydrogens (tertiary/aromatic N) is 1. The van der Waals surface area contributed by atoms with E-state index in [2.05, 4.69) is 10.3 Å². The third-order valence-electron chi connectivity index (χ3n) is 5.06. The lowest BCUT2D eigenvalue weighted by molar-refractivity contribution is -0.143. The number of amides is 3. The molecule has 2 N–H and O–H groups in total. The average Bonchev–Trinajstić information content (AvgIpc) is 3.24. The fourth-order valence-electron chi connectivity index (χ4n) is 3.71.